The zero-order valence-electron chi connectivity index (χ0n) is 20.9. The lowest BCUT2D eigenvalue weighted by molar-refractivity contribution is -0.137. The molecule has 6 nitrogen and oxygen atoms in total. The van der Waals surface area contributed by atoms with Crippen LogP contribution in [0.15, 0.2) is 60.9 Å². The molecule has 1 unspecified atom stereocenters. The molecule has 0 aliphatic heterocycles. The maximum absolute atomic E-state index is 14.5. The number of aliphatic carboxylic acids is 1. The van der Waals surface area contributed by atoms with Gasteiger partial charge in [0.1, 0.15) is 5.82 Å². The summed E-state index contributed by atoms with van der Waals surface area (Å²) in [6, 6.07) is 14.2. The number of benzene rings is 2. The number of anilines is 1. The fraction of sp³-hybridized carbons (Fsp3) is 0.379. The predicted octanol–water partition coefficient (Wildman–Crippen LogP) is 6.21. The molecule has 2 N–H and O–H groups in total. The molecule has 0 radical (unpaired) electrons. The summed E-state index contributed by atoms with van der Waals surface area (Å²) in [5, 5.41) is 12.6. The van der Waals surface area contributed by atoms with Gasteiger partial charge in [-0.1, -0.05) is 31.4 Å². The summed E-state index contributed by atoms with van der Waals surface area (Å²) in [6.07, 6.45) is 9.86. The van der Waals surface area contributed by atoms with Crippen LogP contribution >= 0.6 is 0 Å². The fourth-order valence-corrected chi connectivity index (χ4v) is 5.09. The molecule has 3 aromatic rings. The molecule has 1 atom stereocenters. The maximum Gasteiger partial charge on any atom is 0.305 e. The summed E-state index contributed by atoms with van der Waals surface area (Å²) in [5.41, 5.74) is 4.22. The Morgan fingerprint density at radius 1 is 1.08 bits per heavy atom. The SMILES string of the molecule is Cc1cn(-c2ccccc2F)cc1C(Nc1ccc(C(=O)N(C)CCC(=O)O)cc1)C1CCCCC1. The predicted molar refractivity (Wildman–Crippen MR) is 139 cm³/mol. The molecule has 1 saturated carbocycles. The Morgan fingerprint density at radius 3 is 2.44 bits per heavy atom. The van der Waals surface area contributed by atoms with Gasteiger partial charge in [-0.3, -0.25) is 9.59 Å². The first-order valence-electron chi connectivity index (χ1n) is 12.6. The van der Waals surface area contributed by atoms with Gasteiger partial charge in [-0.25, -0.2) is 4.39 Å². The number of hydrogen-bond donors (Lipinski definition) is 2. The molecule has 7 heteroatoms. The zero-order chi connectivity index (χ0) is 25.7. The van der Waals surface area contributed by atoms with Gasteiger partial charge in [-0.15, -0.1) is 0 Å². The van der Waals surface area contributed by atoms with E-state index < -0.39 is 5.97 Å². The summed E-state index contributed by atoms with van der Waals surface area (Å²) in [7, 11) is 1.61. The van der Waals surface area contributed by atoms with Crippen LogP contribution in [0.1, 0.15) is 66.1 Å². The van der Waals surface area contributed by atoms with Crippen LogP contribution < -0.4 is 5.32 Å². The number of hydrogen-bond acceptors (Lipinski definition) is 3. The first kappa shape index (κ1) is 25.5. The molecule has 1 aromatic heterocycles. The molecule has 0 spiro atoms. The van der Waals surface area contributed by atoms with Crippen molar-refractivity contribution >= 4 is 17.6 Å². The number of nitrogens with zero attached hydrogens (tertiary/aromatic N) is 2. The van der Waals surface area contributed by atoms with Crippen molar-refractivity contribution in [1.29, 1.82) is 0 Å². The largest absolute Gasteiger partial charge is 0.481 e. The van der Waals surface area contributed by atoms with Crippen LogP contribution in [-0.4, -0.2) is 40.0 Å². The Morgan fingerprint density at radius 2 is 1.78 bits per heavy atom. The van der Waals surface area contributed by atoms with Gasteiger partial charge in [0.25, 0.3) is 5.91 Å². The van der Waals surface area contributed by atoms with Gasteiger partial charge in [0.2, 0.25) is 0 Å². The monoisotopic (exact) mass is 491 g/mol. The van der Waals surface area contributed by atoms with Gasteiger partial charge in [0, 0.05) is 37.2 Å². The zero-order valence-corrected chi connectivity index (χ0v) is 20.9. The van der Waals surface area contributed by atoms with E-state index in [4.69, 9.17) is 5.11 Å². The quantitative estimate of drug-likeness (QED) is 0.373. The van der Waals surface area contributed by atoms with Crippen LogP contribution in [0, 0.1) is 18.7 Å². The molecule has 190 valence electrons. The summed E-state index contributed by atoms with van der Waals surface area (Å²) in [6.45, 7) is 2.23. The van der Waals surface area contributed by atoms with Crippen molar-refractivity contribution in [1.82, 2.24) is 9.47 Å². The van der Waals surface area contributed by atoms with Crippen LogP contribution in [0.3, 0.4) is 0 Å². The molecule has 0 saturated heterocycles. The van der Waals surface area contributed by atoms with Gasteiger partial charge in [-0.2, -0.15) is 0 Å². The van der Waals surface area contributed by atoms with Crippen molar-refractivity contribution in [2.45, 2.75) is 51.5 Å². The number of rotatable bonds is 9. The third kappa shape index (κ3) is 5.96. The number of amides is 1. The normalized spacial score (nSPS) is 14.9. The second-order valence-electron chi connectivity index (χ2n) is 9.72. The van der Waals surface area contributed by atoms with E-state index in [-0.39, 0.29) is 30.7 Å². The Balaban J connectivity index is 1.56. The van der Waals surface area contributed by atoms with E-state index in [2.05, 4.69) is 12.2 Å². The minimum Gasteiger partial charge on any atom is -0.481 e. The topological polar surface area (TPSA) is 74.6 Å². The van der Waals surface area contributed by atoms with E-state index in [1.807, 2.05) is 35.2 Å². The van der Waals surface area contributed by atoms with Crippen LogP contribution in [0.25, 0.3) is 5.69 Å². The first-order valence-corrected chi connectivity index (χ1v) is 12.6. The number of carboxylic acids is 1. The second-order valence-corrected chi connectivity index (χ2v) is 9.72. The summed E-state index contributed by atoms with van der Waals surface area (Å²) < 4.78 is 16.3. The Kier molecular flexibility index (Phi) is 8.08. The van der Waals surface area contributed by atoms with E-state index in [1.165, 1.54) is 30.2 Å². The van der Waals surface area contributed by atoms with Gasteiger partial charge in [0.15, 0.2) is 0 Å². The molecule has 2 aromatic carbocycles. The molecule has 0 bridgehead atoms. The minimum atomic E-state index is -0.929. The number of aryl methyl sites for hydroxylation is 1. The number of nitrogens with one attached hydrogen (secondary N) is 1. The standard InChI is InChI=1S/C29H34FN3O3/c1-20-18-33(26-11-7-6-10-25(26)30)19-24(20)28(21-8-4-3-5-9-21)31-23-14-12-22(13-15-23)29(36)32(2)17-16-27(34)35/h6-7,10-15,18-19,21,28,31H,3-5,8-9,16-17H2,1-2H3,(H,34,35). The smallest absolute Gasteiger partial charge is 0.305 e. The Labute approximate surface area is 211 Å². The number of aromatic nitrogens is 1. The molecule has 4 rings (SSSR count). The van der Waals surface area contributed by atoms with Gasteiger partial charge >= 0.3 is 5.97 Å². The van der Waals surface area contributed by atoms with E-state index in [0.29, 0.717) is 17.2 Å². The van der Waals surface area contributed by atoms with Crippen LogP contribution in [-0.2, 0) is 4.79 Å². The average molecular weight is 492 g/mol. The molecule has 36 heavy (non-hydrogen) atoms. The first-order chi connectivity index (χ1) is 17.3. The van der Waals surface area contributed by atoms with Gasteiger partial charge < -0.3 is 19.9 Å². The van der Waals surface area contributed by atoms with Crippen LogP contribution in [0.4, 0.5) is 10.1 Å². The lowest BCUT2D eigenvalue weighted by atomic mass is 9.81. The third-order valence-corrected chi connectivity index (χ3v) is 7.11. The van der Waals surface area contributed by atoms with Gasteiger partial charge in [-0.05, 0) is 73.2 Å². The van der Waals surface area contributed by atoms with E-state index in [9.17, 15) is 14.0 Å². The van der Waals surface area contributed by atoms with Crippen molar-refractivity contribution in [2.24, 2.45) is 5.92 Å². The van der Waals surface area contributed by atoms with E-state index in [0.717, 1.165) is 29.7 Å². The third-order valence-electron chi connectivity index (χ3n) is 7.11. The maximum atomic E-state index is 14.5. The van der Waals surface area contributed by atoms with E-state index in [1.54, 1.807) is 31.3 Å². The van der Waals surface area contributed by atoms with Crippen molar-refractivity contribution in [3.05, 3.63) is 83.4 Å². The molecule has 1 fully saturated rings. The Hall–Kier alpha value is -3.61. The van der Waals surface area contributed by atoms with Crippen molar-refractivity contribution in [2.75, 3.05) is 18.9 Å². The molecule has 1 heterocycles. The second kappa shape index (κ2) is 11.4. The van der Waals surface area contributed by atoms with E-state index >= 15 is 0 Å². The summed E-state index contributed by atoms with van der Waals surface area (Å²) >= 11 is 0. The van der Waals surface area contributed by atoms with Crippen molar-refractivity contribution < 1.29 is 19.1 Å². The number of halogens is 1. The Bertz CT molecular complexity index is 1200. The van der Waals surface area contributed by atoms with Crippen molar-refractivity contribution in [3.63, 3.8) is 0 Å². The average Bonchev–Trinajstić information content (AvgIpc) is 3.27. The highest BCUT2D eigenvalue weighted by Gasteiger charge is 2.28. The summed E-state index contributed by atoms with van der Waals surface area (Å²) in [4.78, 5) is 24.9. The molecule has 1 amide bonds. The molecular formula is C29H34FN3O3. The lowest BCUT2D eigenvalue weighted by Gasteiger charge is -2.32. The molecule has 1 aliphatic carbocycles. The highest BCUT2D eigenvalue weighted by molar-refractivity contribution is 5.94. The fourth-order valence-electron chi connectivity index (χ4n) is 5.09. The van der Waals surface area contributed by atoms with Crippen molar-refractivity contribution in [3.8, 4) is 5.69 Å². The highest BCUT2D eigenvalue weighted by Crippen LogP contribution is 2.38. The number of carbonyl (C=O) groups is 2. The molecular weight excluding hydrogens is 457 g/mol. The van der Waals surface area contributed by atoms with Crippen LogP contribution in [0.5, 0.6) is 0 Å². The summed E-state index contributed by atoms with van der Waals surface area (Å²) in [5.74, 6) is -0.932. The number of carboxylic acid groups (broad SMARTS) is 1. The van der Waals surface area contributed by atoms with Gasteiger partial charge in [0.05, 0.1) is 18.2 Å². The highest BCUT2D eigenvalue weighted by atomic mass is 19.1. The lowest BCUT2D eigenvalue weighted by Crippen LogP contribution is -2.29. The number of para-hydroxylation sites is 1. The minimum absolute atomic E-state index is 0.0677. The number of carbonyl (C=O) groups excluding carboxylic acids is 1. The van der Waals surface area contributed by atoms with Crippen LogP contribution in [0.2, 0.25) is 0 Å². The molecule has 1 aliphatic rings.